The van der Waals surface area contributed by atoms with E-state index in [0.717, 1.165) is 16.0 Å². The number of esters is 1. The lowest BCUT2D eigenvalue weighted by molar-refractivity contribution is 0.0527. The van der Waals surface area contributed by atoms with E-state index in [1.54, 1.807) is 19.1 Å². The zero-order valence-electron chi connectivity index (χ0n) is 13.5. The lowest BCUT2D eigenvalue weighted by Gasteiger charge is -2.07. The zero-order chi connectivity index (χ0) is 17.4. The molecule has 1 N–H and O–H groups in total. The summed E-state index contributed by atoms with van der Waals surface area (Å²) in [6.45, 7) is 2.04. The van der Waals surface area contributed by atoms with Crippen molar-refractivity contribution in [1.29, 1.82) is 0 Å². The van der Waals surface area contributed by atoms with E-state index in [2.05, 4.69) is 11.4 Å². The van der Waals surface area contributed by atoms with E-state index in [1.807, 2.05) is 18.2 Å². The summed E-state index contributed by atoms with van der Waals surface area (Å²) in [5.41, 5.74) is 3.64. The van der Waals surface area contributed by atoms with Crippen molar-refractivity contribution in [2.45, 2.75) is 13.3 Å². The molecule has 1 aliphatic carbocycles. The maximum Gasteiger partial charge on any atom is 0.341 e. The largest absolute Gasteiger partial charge is 0.462 e. The molecule has 0 fully saturated rings. The number of hydrogen-bond donors (Lipinski definition) is 1. The number of ether oxygens (including phenoxy) is 1. The van der Waals surface area contributed by atoms with E-state index in [9.17, 15) is 9.59 Å². The summed E-state index contributed by atoms with van der Waals surface area (Å²) in [4.78, 5) is 25.9. The molecule has 2 aromatic heterocycles. The monoisotopic (exact) mass is 353 g/mol. The second-order valence-electron chi connectivity index (χ2n) is 5.60. The summed E-state index contributed by atoms with van der Waals surface area (Å²) in [7, 11) is 0. The Labute approximate surface area is 148 Å². The number of nitrogens with one attached hydrogen (secondary N) is 1. The first-order valence-electron chi connectivity index (χ1n) is 7.95. The maximum atomic E-state index is 12.5. The number of thiophene rings is 1. The van der Waals surface area contributed by atoms with Crippen LogP contribution in [0.15, 0.2) is 47.1 Å². The smallest absolute Gasteiger partial charge is 0.341 e. The molecule has 2 heterocycles. The standard InChI is InChI=1S/C19H15NO4S/c1-2-23-19(22)15-13-10-11-6-3-4-7-12(11)16(13)25-18(15)20-17(21)14-8-5-9-24-14/h3-9H,2,10H2,1H3,(H,20,21). The Hall–Kier alpha value is -2.86. The number of fused-ring (bicyclic) bond motifs is 3. The molecule has 0 bridgehead atoms. The number of carbonyl (C=O) groups is 2. The van der Waals surface area contributed by atoms with E-state index in [-0.39, 0.29) is 18.3 Å². The van der Waals surface area contributed by atoms with Crippen molar-refractivity contribution in [3.63, 3.8) is 0 Å². The van der Waals surface area contributed by atoms with E-state index in [4.69, 9.17) is 9.15 Å². The molecule has 126 valence electrons. The van der Waals surface area contributed by atoms with Crippen LogP contribution < -0.4 is 5.32 Å². The molecule has 4 rings (SSSR count). The summed E-state index contributed by atoms with van der Waals surface area (Å²) in [5, 5.41) is 3.30. The minimum atomic E-state index is -0.414. The van der Waals surface area contributed by atoms with Gasteiger partial charge in [0, 0.05) is 11.3 Å². The van der Waals surface area contributed by atoms with Gasteiger partial charge in [-0.1, -0.05) is 24.3 Å². The van der Waals surface area contributed by atoms with Crippen LogP contribution in [0.25, 0.3) is 10.4 Å². The number of carbonyl (C=O) groups excluding carboxylic acids is 2. The molecule has 1 aromatic carbocycles. The van der Waals surface area contributed by atoms with Gasteiger partial charge in [-0.05, 0) is 35.7 Å². The highest BCUT2D eigenvalue weighted by Gasteiger charge is 2.31. The fourth-order valence-electron chi connectivity index (χ4n) is 3.02. The third-order valence-corrected chi connectivity index (χ3v) is 5.27. The second-order valence-corrected chi connectivity index (χ2v) is 6.62. The van der Waals surface area contributed by atoms with Crippen LogP contribution in [-0.2, 0) is 11.2 Å². The van der Waals surface area contributed by atoms with Crippen LogP contribution in [0.3, 0.4) is 0 Å². The normalized spacial score (nSPS) is 11.7. The number of hydrogen-bond acceptors (Lipinski definition) is 5. The van der Waals surface area contributed by atoms with Gasteiger partial charge in [-0.25, -0.2) is 4.79 Å². The molecular weight excluding hydrogens is 338 g/mol. The minimum Gasteiger partial charge on any atom is -0.462 e. The highest BCUT2D eigenvalue weighted by atomic mass is 32.1. The molecule has 0 unspecified atom stereocenters. The fraction of sp³-hybridized carbons (Fsp3) is 0.158. The van der Waals surface area contributed by atoms with Gasteiger partial charge in [0.2, 0.25) is 0 Å². The lowest BCUT2D eigenvalue weighted by atomic mass is 10.1. The third kappa shape index (κ3) is 2.64. The van der Waals surface area contributed by atoms with Crippen LogP contribution in [-0.4, -0.2) is 18.5 Å². The number of anilines is 1. The van der Waals surface area contributed by atoms with Crippen molar-refractivity contribution in [2.75, 3.05) is 11.9 Å². The van der Waals surface area contributed by atoms with Crippen LogP contribution in [0, 0.1) is 0 Å². The number of benzene rings is 1. The fourth-order valence-corrected chi connectivity index (χ4v) is 4.28. The van der Waals surface area contributed by atoms with E-state index in [1.165, 1.54) is 23.2 Å². The van der Waals surface area contributed by atoms with Crippen LogP contribution in [0.1, 0.15) is 39.0 Å². The zero-order valence-corrected chi connectivity index (χ0v) is 14.3. The van der Waals surface area contributed by atoms with Crippen molar-refractivity contribution in [1.82, 2.24) is 0 Å². The summed E-state index contributed by atoms with van der Waals surface area (Å²) >= 11 is 1.40. The van der Waals surface area contributed by atoms with Crippen molar-refractivity contribution in [2.24, 2.45) is 0 Å². The van der Waals surface area contributed by atoms with Crippen LogP contribution >= 0.6 is 11.3 Å². The summed E-state index contributed by atoms with van der Waals surface area (Å²) < 4.78 is 10.3. The first-order valence-corrected chi connectivity index (χ1v) is 8.76. The van der Waals surface area contributed by atoms with E-state index < -0.39 is 5.97 Å². The molecule has 1 aliphatic rings. The molecule has 3 aromatic rings. The predicted octanol–water partition coefficient (Wildman–Crippen LogP) is 4.34. The Morgan fingerprint density at radius 1 is 1.24 bits per heavy atom. The van der Waals surface area contributed by atoms with Gasteiger partial charge in [0.15, 0.2) is 5.76 Å². The van der Waals surface area contributed by atoms with E-state index >= 15 is 0 Å². The van der Waals surface area contributed by atoms with Gasteiger partial charge in [0.25, 0.3) is 5.91 Å². The Morgan fingerprint density at radius 3 is 2.84 bits per heavy atom. The molecule has 0 aliphatic heterocycles. The Morgan fingerprint density at radius 2 is 2.08 bits per heavy atom. The predicted molar refractivity (Wildman–Crippen MR) is 95.2 cm³/mol. The van der Waals surface area contributed by atoms with E-state index in [0.29, 0.717) is 17.0 Å². The average Bonchev–Trinajstić information content (AvgIpc) is 3.30. The topological polar surface area (TPSA) is 68.5 Å². The number of rotatable bonds is 4. The van der Waals surface area contributed by atoms with Gasteiger partial charge in [-0.3, -0.25) is 4.79 Å². The van der Waals surface area contributed by atoms with Crippen LogP contribution in [0.4, 0.5) is 5.00 Å². The molecular formula is C19H15NO4S. The molecule has 0 radical (unpaired) electrons. The van der Waals surface area contributed by atoms with Gasteiger partial charge >= 0.3 is 5.97 Å². The van der Waals surface area contributed by atoms with Gasteiger partial charge in [0.1, 0.15) is 5.00 Å². The quantitative estimate of drug-likeness (QED) is 0.554. The van der Waals surface area contributed by atoms with Gasteiger partial charge in [0.05, 0.1) is 18.4 Å². The minimum absolute atomic E-state index is 0.198. The van der Waals surface area contributed by atoms with Crippen LogP contribution in [0.2, 0.25) is 0 Å². The second kappa shape index (κ2) is 6.22. The molecule has 0 atom stereocenters. The lowest BCUT2D eigenvalue weighted by Crippen LogP contribution is -2.14. The van der Waals surface area contributed by atoms with Crippen molar-refractivity contribution in [3.8, 4) is 10.4 Å². The Balaban J connectivity index is 1.77. The summed E-state index contributed by atoms with van der Waals surface area (Å²) in [6.07, 6.45) is 2.10. The molecule has 0 saturated carbocycles. The van der Waals surface area contributed by atoms with Gasteiger partial charge in [-0.15, -0.1) is 11.3 Å². The molecule has 25 heavy (non-hydrogen) atoms. The van der Waals surface area contributed by atoms with Gasteiger partial charge < -0.3 is 14.5 Å². The maximum absolute atomic E-state index is 12.5. The Kier molecular flexibility index (Phi) is 3.89. The number of furan rings is 1. The van der Waals surface area contributed by atoms with Crippen molar-refractivity contribution < 1.29 is 18.7 Å². The molecule has 1 amide bonds. The van der Waals surface area contributed by atoms with Crippen LogP contribution in [0.5, 0.6) is 0 Å². The first kappa shape index (κ1) is 15.7. The summed E-state index contributed by atoms with van der Waals surface area (Å²) in [5.74, 6) is -0.602. The SMILES string of the molecule is CCOC(=O)c1c(NC(=O)c2ccco2)sc2c1Cc1ccccc1-2. The van der Waals surface area contributed by atoms with Crippen molar-refractivity contribution >= 4 is 28.2 Å². The molecule has 5 nitrogen and oxygen atoms in total. The highest BCUT2D eigenvalue weighted by Crippen LogP contribution is 2.47. The Bertz CT molecular complexity index is 956. The number of amides is 1. The van der Waals surface area contributed by atoms with Crippen molar-refractivity contribution in [3.05, 3.63) is 65.1 Å². The molecule has 0 saturated heterocycles. The first-order chi connectivity index (χ1) is 12.2. The summed E-state index contributed by atoms with van der Waals surface area (Å²) in [6, 6.07) is 11.3. The molecule has 6 heteroatoms. The third-order valence-electron chi connectivity index (χ3n) is 4.09. The van der Waals surface area contributed by atoms with Gasteiger partial charge in [-0.2, -0.15) is 0 Å². The highest BCUT2D eigenvalue weighted by molar-refractivity contribution is 7.20. The molecule has 0 spiro atoms. The average molecular weight is 353 g/mol.